The maximum Gasteiger partial charge on any atom is 0.124 e. The molecule has 4 heteroatoms. The van der Waals surface area contributed by atoms with Gasteiger partial charge in [-0.3, -0.25) is 0 Å². The van der Waals surface area contributed by atoms with Crippen molar-refractivity contribution in [1.29, 1.82) is 0 Å². The van der Waals surface area contributed by atoms with Crippen LogP contribution in [0.1, 0.15) is 13.8 Å². The highest BCUT2D eigenvalue weighted by Gasteiger charge is 2.18. The average molecular weight is 278 g/mol. The fourth-order valence-electron chi connectivity index (χ4n) is 2.72. The van der Waals surface area contributed by atoms with Gasteiger partial charge in [-0.15, -0.1) is 0 Å². The van der Waals surface area contributed by atoms with E-state index in [0.717, 1.165) is 37.7 Å². The van der Waals surface area contributed by atoms with Gasteiger partial charge in [0.2, 0.25) is 0 Å². The molecular formula is C16H26N2O2. The van der Waals surface area contributed by atoms with Crippen molar-refractivity contribution in [2.24, 2.45) is 11.8 Å². The summed E-state index contributed by atoms with van der Waals surface area (Å²) in [6, 6.07) is 6.11. The van der Waals surface area contributed by atoms with Crippen LogP contribution >= 0.6 is 0 Å². The number of nitrogens with one attached hydrogen (secondary N) is 1. The molecule has 0 aromatic heterocycles. The van der Waals surface area contributed by atoms with Crippen LogP contribution in [0.3, 0.4) is 0 Å². The van der Waals surface area contributed by atoms with Crippen LogP contribution in [0.2, 0.25) is 0 Å². The van der Waals surface area contributed by atoms with Crippen molar-refractivity contribution in [2.75, 3.05) is 45.3 Å². The molecule has 2 unspecified atom stereocenters. The van der Waals surface area contributed by atoms with Gasteiger partial charge < -0.3 is 19.7 Å². The zero-order valence-corrected chi connectivity index (χ0v) is 13.0. The molecule has 1 aliphatic heterocycles. The van der Waals surface area contributed by atoms with Gasteiger partial charge in [0.15, 0.2) is 0 Å². The van der Waals surface area contributed by atoms with Gasteiger partial charge in [-0.05, 0) is 24.9 Å². The fraction of sp³-hybridized carbons (Fsp3) is 0.625. The van der Waals surface area contributed by atoms with E-state index < -0.39 is 0 Å². The number of benzene rings is 1. The molecule has 1 heterocycles. The van der Waals surface area contributed by atoms with Crippen molar-refractivity contribution >= 4 is 5.69 Å². The third-order valence-electron chi connectivity index (χ3n) is 3.75. The molecule has 1 saturated heterocycles. The van der Waals surface area contributed by atoms with Crippen molar-refractivity contribution in [3.8, 4) is 11.5 Å². The lowest BCUT2D eigenvalue weighted by Crippen LogP contribution is -2.42. The lowest BCUT2D eigenvalue weighted by molar-refractivity contribution is 0.391. The van der Waals surface area contributed by atoms with E-state index in [1.54, 1.807) is 14.2 Å². The first-order valence-electron chi connectivity index (χ1n) is 7.31. The van der Waals surface area contributed by atoms with Crippen molar-refractivity contribution in [2.45, 2.75) is 13.8 Å². The fourth-order valence-corrected chi connectivity index (χ4v) is 2.72. The molecule has 1 N–H and O–H groups in total. The van der Waals surface area contributed by atoms with Crippen LogP contribution in [0.25, 0.3) is 0 Å². The van der Waals surface area contributed by atoms with Crippen LogP contribution < -0.4 is 19.7 Å². The first kappa shape index (κ1) is 15.0. The van der Waals surface area contributed by atoms with Crippen LogP contribution in [0.5, 0.6) is 11.5 Å². The zero-order chi connectivity index (χ0) is 14.5. The molecule has 2 rings (SSSR count). The van der Waals surface area contributed by atoms with Gasteiger partial charge in [-0.2, -0.15) is 0 Å². The Morgan fingerprint density at radius 2 is 1.45 bits per heavy atom. The first-order valence-corrected chi connectivity index (χ1v) is 7.31. The highest BCUT2D eigenvalue weighted by molar-refractivity contribution is 5.55. The standard InChI is InChI=1S/C16H26N2O2/c1-12-8-17-9-13(2)11-18(10-12)14-5-15(19-3)7-16(6-14)20-4/h5-7,12-13,17H,8-11H2,1-4H3. The second-order valence-corrected chi connectivity index (χ2v) is 5.84. The van der Waals surface area contributed by atoms with Crippen LogP contribution in [-0.2, 0) is 0 Å². The van der Waals surface area contributed by atoms with E-state index in [0.29, 0.717) is 11.8 Å². The Balaban J connectivity index is 2.26. The average Bonchev–Trinajstić information content (AvgIpc) is 2.44. The molecule has 0 saturated carbocycles. The highest BCUT2D eigenvalue weighted by atomic mass is 16.5. The molecular weight excluding hydrogens is 252 g/mol. The minimum Gasteiger partial charge on any atom is -0.497 e. The van der Waals surface area contributed by atoms with E-state index in [-0.39, 0.29) is 0 Å². The third-order valence-corrected chi connectivity index (χ3v) is 3.75. The molecule has 1 aromatic rings. The van der Waals surface area contributed by atoms with Crippen LogP contribution in [0.15, 0.2) is 18.2 Å². The molecule has 112 valence electrons. The number of hydrogen-bond acceptors (Lipinski definition) is 4. The summed E-state index contributed by atoms with van der Waals surface area (Å²) in [4.78, 5) is 2.45. The topological polar surface area (TPSA) is 33.7 Å². The lowest BCUT2D eigenvalue weighted by Gasteiger charge is -2.33. The zero-order valence-electron chi connectivity index (χ0n) is 13.0. The Kier molecular flexibility index (Phi) is 5.12. The first-order chi connectivity index (χ1) is 9.62. The van der Waals surface area contributed by atoms with Crippen molar-refractivity contribution < 1.29 is 9.47 Å². The highest BCUT2D eigenvalue weighted by Crippen LogP contribution is 2.29. The van der Waals surface area contributed by atoms with E-state index in [2.05, 4.69) is 36.2 Å². The van der Waals surface area contributed by atoms with Gasteiger partial charge >= 0.3 is 0 Å². The van der Waals surface area contributed by atoms with Crippen LogP contribution in [0, 0.1) is 11.8 Å². The summed E-state index contributed by atoms with van der Waals surface area (Å²) in [5.74, 6) is 2.94. The molecule has 0 radical (unpaired) electrons. The summed E-state index contributed by atoms with van der Waals surface area (Å²) in [5, 5.41) is 3.53. The summed E-state index contributed by atoms with van der Waals surface area (Å²) >= 11 is 0. The molecule has 0 aliphatic carbocycles. The second kappa shape index (κ2) is 6.84. The Labute approximate surface area is 122 Å². The van der Waals surface area contributed by atoms with Crippen molar-refractivity contribution in [3.63, 3.8) is 0 Å². The largest absolute Gasteiger partial charge is 0.497 e. The number of nitrogens with zero attached hydrogens (tertiary/aromatic N) is 1. The quantitative estimate of drug-likeness (QED) is 0.920. The monoisotopic (exact) mass is 278 g/mol. The molecule has 0 amide bonds. The van der Waals surface area contributed by atoms with E-state index in [9.17, 15) is 0 Å². The smallest absolute Gasteiger partial charge is 0.124 e. The summed E-state index contributed by atoms with van der Waals surface area (Å²) in [7, 11) is 3.39. The number of rotatable bonds is 3. The van der Waals surface area contributed by atoms with Crippen LogP contribution in [0.4, 0.5) is 5.69 Å². The van der Waals surface area contributed by atoms with Gasteiger partial charge in [0.25, 0.3) is 0 Å². The molecule has 1 fully saturated rings. The number of ether oxygens (including phenoxy) is 2. The summed E-state index contributed by atoms with van der Waals surface area (Å²) < 4.78 is 10.8. The molecule has 0 bridgehead atoms. The number of anilines is 1. The minimum atomic E-state index is 0.625. The van der Waals surface area contributed by atoms with E-state index in [1.165, 1.54) is 5.69 Å². The SMILES string of the molecule is COc1cc(OC)cc(N2CC(C)CNCC(C)C2)c1. The molecule has 2 atom stereocenters. The minimum absolute atomic E-state index is 0.625. The molecule has 4 nitrogen and oxygen atoms in total. The third kappa shape index (κ3) is 3.79. The van der Waals surface area contributed by atoms with Gasteiger partial charge in [0.05, 0.1) is 14.2 Å². The number of hydrogen-bond donors (Lipinski definition) is 1. The van der Waals surface area contributed by atoms with Gasteiger partial charge in [-0.1, -0.05) is 13.8 Å². The molecule has 0 spiro atoms. The predicted octanol–water partition coefficient (Wildman–Crippen LogP) is 2.39. The Hall–Kier alpha value is -1.42. The summed E-state index contributed by atoms with van der Waals surface area (Å²) in [5.41, 5.74) is 1.18. The predicted molar refractivity (Wildman–Crippen MR) is 83.0 cm³/mol. The van der Waals surface area contributed by atoms with Crippen molar-refractivity contribution in [1.82, 2.24) is 5.32 Å². The van der Waals surface area contributed by atoms with E-state index in [1.807, 2.05) is 6.07 Å². The second-order valence-electron chi connectivity index (χ2n) is 5.84. The number of methoxy groups -OCH3 is 2. The van der Waals surface area contributed by atoms with Gasteiger partial charge in [-0.25, -0.2) is 0 Å². The van der Waals surface area contributed by atoms with Gasteiger partial charge in [0, 0.05) is 37.0 Å². The summed E-state index contributed by atoms with van der Waals surface area (Å²) in [6.07, 6.45) is 0. The van der Waals surface area contributed by atoms with E-state index >= 15 is 0 Å². The van der Waals surface area contributed by atoms with Crippen LogP contribution in [-0.4, -0.2) is 40.4 Å². The molecule has 1 aromatic carbocycles. The Morgan fingerprint density at radius 1 is 0.950 bits per heavy atom. The maximum absolute atomic E-state index is 5.38. The van der Waals surface area contributed by atoms with E-state index in [4.69, 9.17) is 9.47 Å². The summed E-state index contributed by atoms with van der Waals surface area (Å²) in [6.45, 7) is 8.81. The van der Waals surface area contributed by atoms with Gasteiger partial charge in [0.1, 0.15) is 11.5 Å². The maximum atomic E-state index is 5.38. The molecule has 20 heavy (non-hydrogen) atoms. The Morgan fingerprint density at radius 3 is 1.90 bits per heavy atom. The Bertz CT molecular complexity index is 402. The lowest BCUT2D eigenvalue weighted by atomic mass is 10.0. The molecule has 1 aliphatic rings. The normalized spacial score (nSPS) is 23.9. The van der Waals surface area contributed by atoms with Crippen molar-refractivity contribution in [3.05, 3.63) is 18.2 Å².